The molecule has 4 heterocycles. The Morgan fingerprint density at radius 2 is 2.04 bits per heavy atom. The molecule has 0 unspecified atom stereocenters. The molecule has 0 atom stereocenters. The molecule has 5 rings (SSSR count). The number of aromatic amines is 1. The van der Waals surface area contributed by atoms with E-state index < -0.39 is 0 Å². The Kier molecular flexibility index (Phi) is 4.14. The third kappa shape index (κ3) is 2.79. The Morgan fingerprint density at radius 3 is 2.75 bits per heavy atom. The van der Waals surface area contributed by atoms with Crippen molar-refractivity contribution in [2.75, 3.05) is 24.5 Å². The largest absolute Gasteiger partial charge is 0.356 e. The maximum atomic E-state index is 13.1. The lowest BCUT2D eigenvalue weighted by Crippen LogP contribution is -2.58. The van der Waals surface area contributed by atoms with E-state index in [9.17, 15) is 4.79 Å². The Bertz CT molecular complexity index is 894. The van der Waals surface area contributed by atoms with Crippen LogP contribution in [0.1, 0.15) is 55.5 Å². The summed E-state index contributed by atoms with van der Waals surface area (Å²) in [7, 11) is 0. The lowest BCUT2D eigenvalue weighted by Gasteiger charge is -2.50. The third-order valence-electron chi connectivity index (χ3n) is 6.61. The molecule has 148 valence electrons. The molecule has 0 bridgehead atoms. The number of carbonyl (C=O) groups is 1. The number of aromatic nitrogens is 4. The lowest BCUT2D eigenvalue weighted by molar-refractivity contribution is -0.142. The van der Waals surface area contributed by atoms with Crippen LogP contribution in [-0.2, 0) is 23.2 Å². The van der Waals surface area contributed by atoms with Gasteiger partial charge in [0, 0.05) is 49.4 Å². The molecule has 0 aromatic carbocycles. The van der Waals surface area contributed by atoms with Crippen LogP contribution in [0, 0.1) is 12.8 Å². The molecule has 7 heteroatoms. The highest BCUT2D eigenvalue weighted by Gasteiger charge is 2.51. The first-order chi connectivity index (χ1) is 13.6. The summed E-state index contributed by atoms with van der Waals surface area (Å²) < 4.78 is 0. The van der Waals surface area contributed by atoms with Gasteiger partial charge in [0.1, 0.15) is 11.6 Å². The van der Waals surface area contributed by atoms with Crippen molar-refractivity contribution in [3.63, 3.8) is 0 Å². The summed E-state index contributed by atoms with van der Waals surface area (Å²) in [6.07, 6.45) is 7.47. The molecule has 2 fully saturated rings. The van der Waals surface area contributed by atoms with Crippen molar-refractivity contribution >= 4 is 11.7 Å². The quantitative estimate of drug-likeness (QED) is 0.884. The normalized spacial score (nSPS) is 21.1. The number of hydrogen-bond donors (Lipinski definition) is 1. The summed E-state index contributed by atoms with van der Waals surface area (Å²) in [4.78, 5) is 34.8. The van der Waals surface area contributed by atoms with Crippen LogP contribution in [0.2, 0.25) is 0 Å². The molecule has 2 aromatic rings. The lowest BCUT2D eigenvalue weighted by atomic mass is 9.78. The van der Waals surface area contributed by atoms with Gasteiger partial charge in [-0.2, -0.15) is 0 Å². The third-order valence-corrected chi connectivity index (χ3v) is 6.61. The Morgan fingerprint density at radius 1 is 1.25 bits per heavy atom. The summed E-state index contributed by atoms with van der Waals surface area (Å²) in [5, 5.41) is 0. The van der Waals surface area contributed by atoms with Gasteiger partial charge in [-0.1, -0.05) is 6.92 Å². The minimum atomic E-state index is -0.264. The van der Waals surface area contributed by atoms with Crippen LogP contribution in [0.3, 0.4) is 0 Å². The van der Waals surface area contributed by atoms with Gasteiger partial charge in [0.05, 0.1) is 17.6 Å². The van der Waals surface area contributed by atoms with Crippen LogP contribution in [0.25, 0.3) is 0 Å². The van der Waals surface area contributed by atoms with Crippen LogP contribution < -0.4 is 4.90 Å². The first kappa shape index (κ1) is 17.6. The zero-order chi connectivity index (χ0) is 19.3. The van der Waals surface area contributed by atoms with Crippen molar-refractivity contribution < 1.29 is 4.79 Å². The second kappa shape index (κ2) is 6.57. The van der Waals surface area contributed by atoms with E-state index in [0.717, 1.165) is 81.2 Å². The average Bonchev–Trinajstić information content (AvgIpc) is 3.45. The van der Waals surface area contributed by atoms with Crippen molar-refractivity contribution in [3.8, 4) is 0 Å². The monoisotopic (exact) mass is 380 g/mol. The van der Waals surface area contributed by atoms with Crippen molar-refractivity contribution in [3.05, 3.63) is 35.3 Å². The second-order valence-electron chi connectivity index (χ2n) is 8.38. The van der Waals surface area contributed by atoms with E-state index in [1.807, 2.05) is 6.92 Å². The van der Waals surface area contributed by atoms with Crippen LogP contribution in [-0.4, -0.2) is 50.4 Å². The Balaban J connectivity index is 1.44. The number of nitrogens with zero attached hydrogens (tertiary/aromatic N) is 5. The second-order valence-corrected chi connectivity index (χ2v) is 8.38. The van der Waals surface area contributed by atoms with E-state index in [4.69, 9.17) is 4.98 Å². The van der Waals surface area contributed by atoms with Crippen molar-refractivity contribution in [1.82, 2.24) is 24.8 Å². The molecular formula is C21H28N6O. The number of amides is 1. The Labute approximate surface area is 165 Å². The fraction of sp³-hybridized carbons (Fsp3) is 0.619. The SMILES string of the molecule is CCc1cc(N2CCC3(CC2)c2nc[nH]c2CCN3C(=O)C2CC2)nc(C)n1. The number of hydrogen-bond acceptors (Lipinski definition) is 5. The van der Waals surface area contributed by atoms with Gasteiger partial charge in [0.2, 0.25) is 5.91 Å². The van der Waals surface area contributed by atoms with E-state index in [2.05, 4.69) is 37.7 Å². The number of fused-ring (bicyclic) bond motifs is 2. The number of imidazole rings is 1. The number of nitrogens with one attached hydrogen (secondary N) is 1. The molecule has 1 spiro atoms. The molecule has 1 amide bonds. The predicted octanol–water partition coefficient (Wildman–Crippen LogP) is 2.36. The van der Waals surface area contributed by atoms with Crippen LogP contribution in [0.15, 0.2) is 12.4 Å². The maximum absolute atomic E-state index is 13.1. The Hall–Kier alpha value is -2.44. The molecular weight excluding hydrogens is 352 g/mol. The molecule has 1 aliphatic carbocycles. The van der Waals surface area contributed by atoms with Gasteiger partial charge in [-0.05, 0) is 39.0 Å². The summed E-state index contributed by atoms with van der Waals surface area (Å²) in [5.41, 5.74) is 3.12. The van der Waals surface area contributed by atoms with Gasteiger partial charge in [-0.25, -0.2) is 15.0 Å². The summed E-state index contributed by atoms with van der Waals surface area (Å²) in [5.74, 6) is 2.42. The highest BCUT2D eigenvalue weighted by molar-refractivity contribution is 5.82. The number of H-pyrrole nitrogens is 1. The van der Waals surface area contributed by atoms with Crippen molar-refractivity contribution in [1.29, 1.82) is 0 Å². The molecule has 2 aliphatic heterocycles. The highest BCUT2D eigenvalue weighted by Crippen LogP contribution is 2.45. The molecule has 28 heavy (non-hydrogen) atoms. The number of aryl methyl sites for hydroxylation is 2. The van der Waals surface area contributed by atoms with Crippen LogP contribution in [0.4, 0.5) is 5.82 Å². The average molecular weight is 380 g/mol. The zero-order valence-electron chi connectivity index (χ0n) is 16.7. The zero-order valence-corrected chi connectivity index (χ0v) is 16.7. The van der Waals surface area contributed by atoms with Gasteiger partial charge in [-0.3, -0.25) is 4.79 Å². The minimum Gasteiger partial charge on any atom is -0.356 e. The van der Waals surface area contributed by atoms with Gasteiger partial charge in [0.15, 0.2) is 0 Å². The first-order valence-corrected chi connectivity index (χ1v) is 10.5. The van der Waals surface area contributed by atoms with Gasteiger partial charge >= 0.3 is 0 Å². The van der Waals surface area contributed by atoms with Gasteiger partial charge in [-0.15, -0.1) is 0 Å². The van der Waals surface area contributed by atoms with E-state index in [-0.39, 0.29) is 11.5 Å². The number of piperidine rings is 1. The smallest absolute Gasteiger partial charge is 0.226 e. The summed E-state index contributed by atoms with van der Waals surface area (Å²) >= 11 is 0. The minimum absolute atomic E-state index is 0.243. The number of carbonyl (C=O) groups excluding carboxylic acids is 1. The molecule has 2 aromatic heterocycles. The highest BCUT2D eigenvalue weighted by atomic mass is 16.2. The van der Waals surface area contributed by atoms with Gasteiger partial charge in [0.25, 0.3) is 0 Å². The topological polar surface area (TPSA) is 78.0 Å². The summed E-state index contributed by atoms with van der Waals surface area (Å²) in [6.45, 7) is 6.64. The number of rotatable bonds is 3. The van der Waals surface area contributed by atoms with E-state index >= 15 is 0 Å². The molecule has 1 N–H and O–H groups in total. The van der Waals surface area contributed by atoms with Crippen LogP contribution >= 0.6 is 0 Å². The molecule has 3 aliphatic rings. The summed E-state index contributed by atoms with van der Waals surface area (Å²) in [6, 6.07) is 2.11. The van der Waals surface area contributed by atoms with Crippen LogP contribution in [0.5, 0.6) is 0 Å². The maximum Gasteiger partial charge on any atom is 0.226 e. The predicted molar refractivity (Wildman–Crippen MR) is 106 cm³/mol. The molecule has 0 radical (unpaired) electrons. The molecule has 7 nitrogen and oxygen atoms in total. The number of anilines is 1. The van der Waals surface area contributed by atoms with Crippen molar-refractivity contribution in [2.45, 2.75) is 57.9 Å². The van der Waals surface area contributed by atoms with E-state index in [1.54, 1.807) is 6.33 Å². The molecule has 1 saturated heterocycles. The fourth-order valence-corrected chi connectivity index (χ4v) is 4.92. The standard InChI is InChI=1S/C21H28N6O/c1-3-16-12-18(25-14(2)24-16)26-10-7-21(8-11-26)19-17(22-13-23-19)6-9-27(21)20(28)15-4-5-15/h12-13,15H,3-11H2,1-2H3,(H,22,23). The first-order valence-electron chi connectivity index (χ1n) is 10.5. The fourth-order valence-electron chi connectivity index (χ4n) is 4.92. The van der Waals surface area contributed by atoms with E-state index in [1.165, 1.54) is 5.69 Å². The van der Waals surface area contributed by atoms with Gasteiger partial charge < -0.3 is 14.8 Å². The molecule has 1 saturated carbocycles. The van der Waals surface area contributed by atoms with Crippen molar-refractivity contribution in [2.24, 2.45) is 5.92 Å². The van der Waals surface area contributed by atoms with E-state index in [0.29, 0.717) is 5.91 Å².